The summed E-state index contributed by atoms with van der Waals surface area (Å²) in [6.07, 6.45) is 1.67. The molecule has 0 fully saturated rings. The number of pyridine rings is 1. The summed E-state index contributed by atoms with van der Waals surface area (Å²) >= 11 is 0. The summed E-state index contributed by atoms with van der Waals surface area (Å²) in [5.41, 5.74) is 5.99. The Labute approximate surface area is 123 Å². The van der Waals surface area contributed by atoms with Gasteiger partial charge in [0.2, 0.25) is 5.56 Å². The molecule has 2 heterocycles. The van der Waals surface area contributed by atoms with Crippen molar-refractivity contribution in [2.75, 3.05) is 0 Å². The highest BCUT2D eigenvalue weighted by atomic mass is 16.1. The van der Waals surface area contributed by atoms with Gasteiger partial charge in [-0.15, -0.1) is 0 Å². The number of nitrogens with one attached hydrogen (secondary N) is 1. The molecule has 0 atom stereocenters. The lowest BCUT2D eigenvalue weighted by atomic mass is 10.0. The molecular weight excluding hydrogens is 262 g/mol. The maximum Gasteiger partial charge on any atom is 0.248 e. The second kappa shape index (κ2) is 5.05. The van der Waals surface area contributed by atoms with Gasteiger partial charge in [0.1, 0.15) is 0 Å². The molecule has 0 unspecified atom stereocenters. The first-order valence-electron chi connectivity index (χ1n) is 6.88. The van der Waals surface area contributed by atoms with Crippen molar-refractivity contribution in [2.45, 2.75) is 20.8 Å². The van der Waals surface area contributed by atoms with Crippen LogP contribution in [0.1, 0.15) is 17.0 Å². The SMILES string of the molecule is Cc1ccc(-c2cc[nH]c(=O)c2)c(-n2nc(C)cc2C)c1. The molecule has 0 aliphatic heterocycles. The Morgan fingerprint density at radius 2 is 1.86 bits per heavy atom. The third-order valence-electron chi connectivity index (χ3n) is 3.48. The molecule has 0 aliphatic rings. The smallest absolute Gasteiger partial charge is 0.248 e. The quantitative estimate of drug-likeness (QED) is 0.783. The minimum Gasteiger partial charge on any atom is -0.329 e. The number of hydrogen-bond donors (Lipinski definition) is 1. The Morgan fingerprint density at radius 3 is 2.52 bits per heavy atom. The monoisotopic (exact) mass is 279 g/mol. The Hall–Kier alpha value is -2.62. The van der Waals surface area contributed by atoms with E-state index >= 15 is 0 Å². The van der Waals surface area contributed by atoms with E-state index in [2.05, 4.69) is 23.1 Å². The summed E-state index contributed by atoms with van der Waals surface area (Å²) in [5.74, 6) is 0. The lowest BCUT2D eigenvalue weighted by Crippen LogP contribution is -2.05. The number of aromatic nitrogens is 3. The highest BCUT2D eigenvalue weighted by Crippen LogP contribution is 2.27. The molecule has 0 saturated carbocycles. The molecule has 0 amide bonds. The van der Waals surface area contributed by atoms with E-state index in [0.29, 0.717) is 0 Å². The summed E-state index contributed by atoms with van der Waals surface area (Å²) < 4.78 is 1.93. The molecule has 2 aromatic heterocycles. The zero-order chi connectivity index (χ0) is 15.0. The van der Waals surface area contributed by atoms with E-state index in [1.807, 2.05) is 42.8 Å². The van der Waals surface area contributed by atoms with Crippen LogP contribution in [0.5, 0.6) is 0 Å². The zero-order valence-corrected chi connectivity index (χ0v) is 12.3. The summed E-state index contributed by atoms with van der Waals surface area (Å²) in [6.45, 7) is 6.06. The number of benzene rings is 1. The molecule has 3 aromatic rings. The minimum absolute atomic E-state index is 0.104. The molecule has 0 saturated heterocycles. The van der Waals surface area contributed by atoms with E-state index in [1.165, 1.54) is 0 Å². The number of aryl methyl sites for hydroxylation is 3. The van der Waals surface area contributed by atoms with E-state index in [9.17, 15) is 4.79 Å². The number of H-pyrrole nitrogens is 1. The van der Waals surface area contributed by atoms with Gasteiger partial charge >= 0.3 is 0 Å². The number of hydrogen-bond acceptors (Lipinski definition) is 2. The first-order valence-corrected chi connectivity index (χ1v) is 6.88. The van der Waals surface area contributed by atoms with Crippen molar-refractivity contribution >= 4 is 0 Å². The van der Waals surface area contributed by atoms with Crippen LogP contribution >= 0.6 is 0 Å². The number of aromatic amines is 1. The molecule has 0 radical (unpaired) electrons. The second-order valence-corrected chi connectivity index (χ2v) is 5.30. The number of nitrogens with zero attached hydrogens (tertiary/aromatic N) is 2. The van der Waals surface area contributed by atoms with Gasteiger partial charge in [0.05, 0.1) is 11.4 Å². The Bertz CT molecular complexity index is 858. The molecule has 4 nitrogen and oxygen atoms in total. The van der Waals surface area contributed by atoms with Crippen molar-refractivity contribution in [3.05, 3.63) is 69.9 Å². The zero-order valence-electron chi connectivity index (χ0n) is 12.3. The third kappa shape index (κ3) is 2.52. The van der Waals surface area contributed by atoms with E-state index < -0.39 is 0 Å². The molecule has 21 heavy (non-hydrogen) atoms. The van der Waals surface area contributed by atoms with Crippen molar-refractivity contribution in [3.63, 3.8) is 0 Å². The molecule has 0 spiro atoms. The van der Waals surface area contributed by atoms with Gasteiger partial charge in [-0.3, -0.25) is 4.79 Å². The van der Waals surface area contributed by atoms with Gasteiger partial charge in [-0.25, -0.2) is 4.68 Å². The highest BCUT2D eigenvalue weighted by Gasteiger charge is 2.11. The van der Waals surface area contributed by atoms with Crippen molar-refractivity contribution < 1.29 is 0 Å². The fourth-order valence-electron chi connectivity index (χ4n) is 2.55. The summed E-state index contributed by atoms with van der Waals surface area (Å²) in [5, 5.41) is 4.56. The molecule has 4 heteroatoms. The standard InChI is InChI=1S/C17H17N3O/c1-11-4-5-15(14-6-7-18-17(21)10-14)16(8-11)20-13(3)9-12(2)19-20/h4-10H,1-3H3,(H,18,21). The third-order valence-corrected chi connectivity index (χ3v) is 3.48. The number of rotatable bonds is 2. The predicted molar refractivity (Wildman–Crippen MR) is 83.8 cm³/mol. The Morgan fingerprint density at radius 1 is 1.05 bits per heavy atom. The minimum atomic E-state index is -0.104. The molecule has 1 aromatic carbocycles. The molecule has 106 valence electrons. The van der Waals surface area contributed by atoms with Crippen LogP contribution in [0.2, 0.25) is 0 Å². The fraction of sp³-hybridized carbons (Fsp3) is 0.176. The normalized spacial score (nSPS) is 10.8. The van der Waals surface area contributed by atoms with Crippen LogP contribution in [0.15, 0.2) is 47.4 Å². The molecule has 1 N–H and O–H groups in total. The summed E-state index contributed by atoms with van der Waals surface area (Å²) in [7, 11) is 0. The second-order valence-electron chi connectivity index (χ2n) is 5.30. The largest absolute Gasteiger partial charge is 0.329 e. The van der Waals surface area contributed by atoms with E-state index in [4.69, 9.17) is 0 Å². The van der Waals surface area contributed by atoms with E-state index in [1.54, 1.807) is 12.3 Å². The van der Waals surface area contributed by atoms with Crippen molar-refractivity contribution in [1.82, 2.24) is 14.8 Å². The molecule has 0 bridgehead atoms. The Balaban J connectivity index is 2.27. The summed E-state index contributed by atoms with van der Waals surface area (Å²) in [6, 6.07) is 11.7. The van der Waals surface area contributed by atoms with Crippen molar-refractivity contribution in [3.8, 4) is 16.8 Å². The van der Waals surface area contributed by atoms with Crippen LogP contribution < -0.4 is 5.56 Å². The fourth-order valence-corrected chi connectivity index (χ4v) is 2.55. The molecular formula is C17H17N3O. The van der Waals surface area contributed by atoms with Gasteiger partial charge in [0.25, 0.3) is 0 Å². The van der Waals surface area contributed by atoms with Gasteiger partial charge in [-0.2, -0.15) is 5.10 Å². The van der Waals surface area contributed by atoms with E-state index in [0.717, 1.165) is 33.8 Å². The molecule has 3 rings (SSSR count). The van der Waals surface area contributed by atoms with Crippen molar-refractivity contribution in [1.29, 1.82) is 0 Å². The van der Waals surface area contributed by atoms with Crippen LogP contribution in [-0.2, 0) is 0 Å². The maximum absolute atomic E-state index is 11.6. The Kier molecular flexibility index (Phi) is 3.22. The van der Waals surface area contributed by atoms with Crippen LogP contribution in [-0.4, -0.2) is 14.8 Å². The van der Waals surface area contributed by atoms with Crippen LogP contribution in [0.4, 0.5) is 0 Å². The first-order chi connectivity index (χ1) is 10.0. The van der Waals surface area contributed by atoms with Gasteiger partial charge in [0, 0.05) is 23.5 Å². The van der Waals surface area contributed by atoms with Gasteiger partial charge in [0.15, 0.2) is 0 Å². The average molecular weight is 279 g/mol. The molecule has 0 aliphatic carbocycles. The maximum atomic E-state index is 11.6. The summed E-state index contributed by atoms with van der Waals surface area (Å²) in [4.78, 5) is 14.2. The topological polar surface area (TPSA) is 50.7 Å². The van der Waals surface area contributed by atoms with Gasteiger partial charge in [-0.05, 0) is 50.1 Å². The van der Waals surface area contributed by atoms with Crippen LogP contribution in [0.3, 0.4) is 0 Å². The lowest BCUT2D eigenvalue weighted by Gasteiger charge is -2.12. The van der Waals surface area contributed by atoms with Crippen LogP contribution in [0, 0.1) is 20.8 Å². The van der Waals surface area contributed by atoms with Crippen molar-refractivity contribution in [2.24, 2.45) is 0 Å². The van der Waals surface area contributed by atoms with E-state index in [-0.39, 0.29) is 5.56 Å². The van der Waals surface area contributed by atoms with Gasteiger partial charge in [-0.1, -0.05) is 12.1 Å². The van der Waals surface area contributed by atoms with Crippen LogP contribution in [0.25, 0.3) is 16.8 Å². The highest BCUT2D eigenvalue weighted by molar-refractivity contribution is 5.73. The lowest BCUT2D eigenvalue weighted by molar-refractivity contribution is 0.834. The first kappa shape index (κ1) is 13.4. The predicted octanol–water partition coefficient (Wildman–Crippen LogP) is 3.15. The van der Waals surface area contributed by atoms with Gasteiger partial charge < -0.3 is 4.98 Å². The average Bonchev–Trinajstić information content (AvgIpc) is 2.77.